The monoisotopic (exact) mass is 229 g/mol. The van der Waals surface area contributed by atoms with Crippen LogP contribution in [0.2, 0.25) is 0 Å². The van der Waals surface area contributed by atoms with Crippen LogP contribution in [0.4, 0.5) is 5.69 Å². The van der Waals surface area contributed by atoms with Crippen LogP contribution in [0.1, 0.15) is 5.82 Å². The van der Waals surface area contributed by atoms with Gasteiger partial charge in [0.15, 0.2) is 5.52 Å². The number of para-hydroxylation sites is 1. The van der Waals surface area contributed by atoms with E-state index in [0.717, 1.165) is 0 Å². The van der Waals surface area contributed by atoms with Gasteiger partial charge in [-0.3, -0.25) is 14.9 Å². The molecule has 7 nitrogen and oxygen atoms in total. The number of hydrogen-bond acceptors (Lipinski definition) is 4. The van der Waals surface area contributed by atoms with Crippen LogP contribution in [0.5, 0.6) is 0 Å². The Morgan fingerprint density at radius 1 is 1.53 bits per heavy atom. The number of nitro benzene ring substituents is 1. The molecule has 2 aromatic rings. The van der Waals surface area contributed by atoms with Crippen LogP contribution in [-0.4, -0.2) is 44.8 Å². The minimum atomic E-state index is -1.04. The van der Waals surface area contributed by atoms with Crippen molar-refractivity contribution in [1.82, 2.24) is 9.97 Å². The van der Waals surface area contributed by atoms with Gasteiger partial charge >= 0.3 is 24.8 Å². The van der Waals surface area contributed by atoms with Gasteiger partial charge < -0.3 is 10.1 Å². The van der Waals surface area contributed by atoms with Gasteiger partial charge in [0.2, 0.25) is 0 Å². The van der Waals surface area contributed by atoms with E-state index in [0.29, 0.717) is 5.52 Å². The van der Waals surface area contributed by atoms with Crippen molar-refractivity contribution in [3.63, 3.8) is 0 Å². The predicted octanol–water partition coefficient (Wildman–Crippen LogP) is 0.450. The number of nitro groups is 1. The van der Waals surface area contributed by atoms with Crippen molar-refractivity contribution in [3.8, 4) is 0 Å². The molecule has 0 bridgehead atoms. The van der Waals surface area contributed by atoms with Gasteiger partial charge in [0.05, 0.1) is 10.4 Å². The van der Waals surface area contributed by atoms with Crippen LogP contribution >= 0.6 is 0 Å². The molecule has 0 spiro atoms. The molecule has 0 radical (unpaired) electrons. The number of aliphatic carboxylic acids is 1. The summed E-state index contributed by atoms with van der Waals surface area (Å²) in [6, 6.07) is 4.46. The van der Waals surface area contributed by atoms with Crippen molar-refractivity contribution in [1.29, 1.82) is 0 Å². The number of aromatic amines is 1. The maximum atomic E-state index is 10.7. The number of imidazole rings is 1. The van der Waals surface area contributed by atoms with E-state index in [4.69, 9.17) is 5.11 Å². The SMILES string of the molecule is O=C(O)Cc1nc2c([N+](=O)[O-])cccc2[nH]1.[LiH]. The van der Waals surface area contributed by atoms with Crippen molar-refractivity contribution < 1.29 is 14.8 Å². The van der Waals surface area contributed by atoms with Crippen molar-refractivity contribution in [2.24, 2.45) is 0 Å². The summed E-state index contributed by atoms with van der Waals surface area (Å²) in [6.07, 6.45) is -0.286. The number of non-ortho nitro benzene ring substituents is 1. The second-order valence-corrected chi connectivity index (χ2v) is 3.18. The average Bonchev–Trinajstić information content (AvgIpc) is 2.57. The van der Waals surface area contributed by atoms with Gasteiger partial charge in [0.25, 0.3) is 5.69 Å². The zero-order chi connectivity index (χ0) is 11.7. The number of aromatic nitrogens is 2. The predicted molar refractivity (Wildman–Crippen MR) is 61.2 cm³/mol. The normalized spacial score (nSPS) is 9.88. The summed E-state index contributed by atoms with van der Waals surface area (Å²) in [4.78, 5) is 27.2. The molecule has 0 saturated carbocycles. The third-order valence-electron chi connectivity index (χ3n) is 2.06. The molecule has 0 aliphatic heterocycles. The molecule has 8 heteroatoms. The van der Waals surface area contributed by atoms with E-state index < -0.39 is 10.9 Å². The molecular formula is C9H8LiN3O4. The number of hydrogen-bond donors (Lipinski definition) is 2. The molecule has 1 aromatic carbocycles. The Labute approximate surface area is 107 Å². The standard InChI is InChI=1S/C9H7N3O4.Li.H/c13-8(14)4-7-10-5-2-1-3-6(12(15)16)9(5)11-7;;/h1-3H,4H2,(H,10,11)(H,13,14);;. The number of rotatable bonds is 3. The molecule has 0 saturated heterocycles. The zero-order valence-electron chi connectivity index (χ0n) is 8.01. The summed E-state index contributed by atoms with van der Waals surface area (Å²) < 4.78 is 0. The van der Waals surface area contributed by atoms with Gasteiger partial charge in [-0.15, -0.1) is 0 Å². The van der Waals surface area contributed by atoms with Crippen molar-refractivity contribution in [2.75, 3.05) is 0 Å². The Kier molecular flexibility index (Phi) is 3.88. The van der Waals surface area contributed by atoms with E-state index in [1.165, 1.54) is 12.1 Å². The van der Waals surface area contributed by atoms with Crippen LogP contribution in [-0.2, 0) is 11.2 Å². The molecule has 0 atom stereocenters. The Bertz CT molecular complexity index is 581. The molecule has 84 valence electrons. The summed E-state index contributed by atoms with van der Waals surface area (Å²) >= 11 is 0. The van der Waals surface area contributed by atoms with Crippen LogP contribution in [0.3, 0.4) is 0 Å². The number of benzene rings is 1. The van der Waals surface area contributed by atoms with Gasteiger partial charge in [-0.25, -0.2) is 4.98 Å². The molecule has 2 rings (SSSR count). The second kappa shape index (κ2) is 4.99. The first-order valence-corrected chi connectivity index (χ1v) is 4.41. The molecule has 1 aromatic heterocycles. The van der Waals surface area contributed by atoms with E-state index in [-0.39, 0.29) is 42.3 Å². The molecule has 0 aliphatic carbocycles. The third kappa shape index (κ3) is 2.64. The van der Waals surface area contributed by atoms with Gasteiger partial charge in [0, 0.05) is 6.07 Å². The summed E-state index contributed by atoms with van der Waals surface area (Å²) in [6.45, 7) is 0. The fourth-order valence-corrected chi connectivity index (χ4v) is 1.44. The summed E-state index contributed by atoms with van der Waals surface area (Å²) in [5.41, 5.74) is 0.514. The quantitative estimate of drug-likeness (QED) is 0.451. The molecule has 17 heavy (non-hydrogen) atoms. The van der Waals surface area contributed by atoms with Crippen molar-refractivity contribution >= 4 is 41.6 Å². The van der Waals surface area contributed by atoms with Gasteiger partial charge in [0.1, 0.15) is 12.2 Å². The van der Waals surface area contributed by atoms with Crippen LogP contribution < -0.4 is 0 Å². The van der Waals surface area contributed by atoms with Crippen LogP contribution in [0, 0.1) is 10.1 Å². The Hall–Kier alpha value is -1.84. The number of fused-ring (bicyclic) bond motifs is 1. The fourth-order valence-electron chi connectivity index (χ4n) is 1.44. The van der Waals surface area contributed by atoms with E-state index in [2.05, 4.69) is 9.97 Å². The fraction of sp³-hybridized carbons (Fsp3) is 0.111. The molecule has 0 aliphatic rings. The van der Waals surface area contributed by atoms with Crippen molar-refractivity contribution in [3.05, 3.63) is 34.1 Å². The van der Waals surface area contributed by atoms with Crippen molar-refractivity contribution in [2.45, 2.75) is 6.42 Å². The summed E-state index contributed by atoms with van der Waals surface area (Å²) in [5, 5.41) is 19.3. The van der Waals surface area contributed by atoms with Gasteiger partial charge in [-0.05, 0) is 6.07 Å². The molecule has 0 unspecified atom stereocenters. The number of nitrogens with zero attached hydrogens (tertiary/aromatic N) is 2. The number of nitrogens with one attached hydrogen (secondary N) is 1. The van der Waals surface area contributed by atoms with Gasteiger partial charge in [-0.1, -0.05) is 6.07 Å². The summed E-state index contributed by atoms with van der Waals surface area (Å²) in [5.74, 6) is -0.835. The first-order valence-electron chi connectivity index (χ1n) is 4.41. The Morgan fingerprint density at radius 2 is 2.24 bits per heavy atom. The number of carbonyl (C=O) groups is 1. The van der Waals surface area contributed by atoms with E-state index >= 15 is 0 Å². The second-order valence-electron chi connectivity index (χ2n) is 3.18. The zero-order valence-corrected chi connectivity index (χ0v) is 8.01. The Balaban J connectivity index is 0.00000144. The summed E-state index contributed by atoms with van der Waals surface area (Å²) in [7, 11) is 0. The Morgan fingerprint density at radius 3 is 2.82 bits per heavy atom. The van der Waals surface area contributed by atoms with Crippen LogP contribution in [0.15, 0.2) is 18.2 Å². The molecular weight excluding hydrogens is 221 g/mol. The van der Waals surface area contributed by atoms with Crippen LogP contribution in [0.25, 0.3) is 11.0 Å². The minimum absolute atomic E-state index is 0. The van der Waals surface area contributed by atoms with E-state index in [1.54, 1.807) is 6.07 Å². The number of H-pyrrole nitrogens is 1. The topological polar surface area (TPSA) is 109 Å². The molecule has 2 N–H and O–H groups in total. The first-order chi connectivity index (χ1) is 7.58. The average molecular weight is 229 g/mol. The van der Waals surface area contributed by atoms with Gasteiger partial charge in [-0.2, -0.15) is 0 Å². The molecule has 0 fully saturated rings. The third-order valence-corrected chi connectivity index (χ3v) is 2.06. The number of carboxylic acids is 1. The van der Waals surface area contributed by atoms with E-state index in [9.17, 15) is 14.9 Å². The number of carboxylic acid groups (broad SMARTS) is 1. The molecule has 0 amide bonds. The van der Waals surface area contributed by atoms with E-state index in [1.807, 2.05) is 0 Å². The molecule has 1 heterocycles. The first kappa shape index (κ1) is 13.2. The maximum absolute atomic E-state index is 10.7.